The summed E-state index contributed by atoms with van der Waals surface area (Å²) < 4.78 is 0. The van der Waals surface area contributed by atoms with E-state index in [9.17, 15) is 0 Å². The number of anilines is 1. The topological polar surface area (TPSA) is 75.7 Å². The normalized spacial score (nSPS) is 9.83. The van der Waals surface area contributed by atoms with E-state index in [0.717, 1.165) is 12.4 Å². The number of aromatic nitrogens is 1. The molecule has 1 N–H and O–H groups in total. The molecule has 0 aliphatic carbocycles. The van der Waals surface area contributed by atoms with Crippen LogP contribution in [0.3, 0.4) is 0 Å². The number of hydrogen-bond donors (Lipinski definition) is 1. The van der Waals surface area contributed by atoms with Crippen molar-refractivity contribution in [2.24, 2.45) is 0 Å². The van der Waals surface area contributed by atoms with Gasteiger partial charge < -0.3 is 5.32 Å². The Morgan fingerprint density at radius 1 is 1.33 bits per heavy atom. The SMILES string of the molecule is CCNc1ccc(Cl)c(CN(CC#N)CC#N)n1. The fourth-order valence-corrected chi connectivity index (χ4v) is 1.62. The number of rotatable bonds is 6. The molecule has 0 bridgehead atoms. The van der Waals surface area contributed by atoms with Crippen LogP contribution in [0.2, 0.25) is 5.02 Å². The number of nitrogens with one attached hydrogen (secondary N) is 1. The summed E-state index contributed by atoms with van der Waals surface area (Å²) >= 11 is 6.06. The van der Waals surface area contributed by atoms with Gasteiger partial charge in [0, 0.05) is 13.1 Å². The highest BCUT2D eigenvalue weighted by molar-refractivity contribution is 6.31. The number of pyridine rings is 1. The third-order valence-electron chi connectivity index (χ3n) is 2.24. The summed E-state index contributed by atoms with van der Waals surface area (Å²) in [5.41, 5.74) is 0.667. The minimum absolute atomic E-state index is 0.178. The molecule has 1 aromatic rings. The maximum atomic E-state index is 8.68. The largest absolute Gasteiger partial charge is 0.370 e. The van der Waals surface area contributed by atoms with Gasteiger partial charge in [0.25, 0.3) is 0 Å². The van der Waals surface area contributed by atoms with Crippen molar-refractivity contribution >= 4 is 17.4 Å². The zero-order valence-electron chi connectivity index (χ0n) is 10.1. The summed E-state index contributed by atoms with van der Waals surface area (Å²) in [7, 11) is 0. The van der Waals surface area contributed by atoms with Crippen LogP contribution in [0.5, 0.6) is 0 Å². The maximum Gasteiger partial charge on any atom is 0.126 e. The first-order valence-electron chi connectivity index (χ1n) is 5.56. The number of halogens is 1. The smallest absolute Gasteiger partial charge is 0.126 e. The van der Waals surface area contributed by atoms with E-state index in [1.165, 1.54) is 0 Å². The van der Waals surface area contributed by atoms with Crippen LogP contribution in [-0.2, 0) is 6.54 Å². The first kappa shape index (κ1) is 14.2. The van der Waals surface area contributed by atoms with E-state index in [0.29, 0.717) is 17.3 Å². The van der Waals surface area contributed by atoms with E-state index in [1.54, 1.807) is 17.0 Å². The van der Waals surface area contributed by atoms with E-state index in [-0.39, 0.29) is 13.1 Å². The van der Waals surface area contributed by atoms with Gasteiger partial charge in [0.1, 0.15) is 5.82 Å². The first-order chi connectivity index (χ1) is 8.71. The van der Waals surface area contributed by atoms with Crippen molar-refractivity contribution in [2.75, 3.05) is 25.0 Å². The number of nitriles is 2. The minimum atomic E-state index is 0.178. The van der Waals surface area contributed by atoms with Crippen molar-refractivity contribution < 1.29 is 0 Å². The molecule has 94 valence electrons. The van der Waals surface area contributed by atoms with Gasteiger partial charge in [0.15, 0.2) is 0 Å². The van der Waals surface area contributed by atoms with Crippen LogP contribution in [0, 0.1) is 22.7 Å². The summed E-state index contributed by atoms with van der Waals surface area (Å²) in [5, 5.41) is 21.0. The minimum Gasteiger partial charge on any atom is -0.370 e. The lowest BCUT2D eigenvalue weighted by Gasteiger charge is -2.16. The molecule has 0 atom stereocenters. The maximum absolute atomic E-state index is 8.68. The van der Waals surface area contributed by atoms with Gasteiger partial charge in [-0.25, -0.2) is 4.98 Å². The molecule has 0 radical (unpaired) electrons. The van der Waals surface area contributed by atoms with Gasteiger partial charge >= 0.3 is 0 Å². The molecular formula is C12H14ClN5. The molecule has 0 aliphatic rings. The van der Waals surface area contributed by atoms with Gasteiger partial charge in [0.2, 0.25) is 0 Å². The lowest BCUT2D eigenvalue weighted by atomic mass is 10.3. The molecule has 0 aromatic carbocycles. The Morgan fingerprint density at radius 2 is 2.00 bits per heavy atom. The molecule has 1 heterocycles. The first-order valence-corrected chi connectivity index (χ1v) is 5.94. The molecule has 0 saturated heterocycles. The molecule has 0 saturated carbocycles. The van der Waals surface area contributed by atoms with Gasteiger partial charge in [-0.05, 0) is 19.1 Å². The Hall–Kier alpha value is -1.82. The molecular weight excluding hydrogens is 250 g/mol. The van der Waals surface area contributed by atoms with Crippen molar-refractivity contribution in [2.45, 2.75) is 13.5 Å². The van der Waals surface area contributed by atoms with E-state index < -0.39 is 0 Å². The summed E-state index contributed by atoms with van der Waals surface area (Å²) in [6.45, 7) is 3.50. The Labute approximate surface area is 112 Å². The Morgan fingerprint density at radius 3 is 2.56 bits per heavy atom. The van der Waals surface area contributed by atoms with Crippen molar-refractivity contribution in [1.29, 1.82) is 10.5 Å². The highest BCUT2D eigenvalue weighted by Crippen LogP contribution is 2.18. The molecule has 0 fully saturated rings. The lowest BCUT2D eigenvalue weighted by Crippen LogP contribution is -2.24. The van der Waals surface area contributed by atoms with Gasteiger partial charge in [0.05, 0.1) is 35.9 Å². The van der Waals surface area contributed by atoms with Crippen molar-refractivity contribution in [3.8, 4) is 12.1 Å². The lowest BCUT2D eigenvalue weighted by molar-refractivity contribution is 0.331. The molecule has 0 unspecified atom stereocenters. The average Bonchev–Trinajstić information content (AvgIpc) is 2.34. The van der Waals surface area contributed by atoms with Crippen LogP contribution in [0.4, 0.5) is 5.82 Å². The van der Waals surface area contributed by atoms with Crippen LogP contribution in [0.25, 0.3) is 0 Å². The summed E-state index contributed by atoms with van der Waals surface area (Å²) in [4.78, 5) is 6.05. The zero-order chi connectivity index (χ0) is 13.4. The Balaban J connectivity index is 2.84. The summed E-state index contributed by atoms with van der Waals surface area (Å²) in [6.07, 6.45) is 0. The second kappa shape index (κ2) is 7.50. The second-order valence-electron chi connectivity index (χ2n) is 3.62. The van der Waals surface area contributed by atoms with Crippen molar-refractivity contribution in [3.63, 3.8) is 0 Å². The van der Waals surface area contributed by atoms with E-state index in [4.69, 9.17) is 22.1 Å². The molecule has 6 heteroatoms. The van der Waals surface area contributed by atoms with Gasteiger partial charge in [-0.1, -0.05) is 11.6 Å². The van der Waals surface area contributed by atoms with Crippen molar-refractivity contribution in [3.05, 3.63) is 22.8 Å². The molecule has 0 aliphatic heterocycles. The van der Waals surface area contributed by atoms with Crippen LogP contribution < -0.4 is 5.32 Å². The predicted molar refractivity (Wildman–Crippen MR) is 69.9 cm³/mol. The van der Waals surface area contributed by atoms with Crippen LogP contribution in [0.15, 0.2) is 12.1 Å². The van der Waals surface area contributed by atoms with E-state index in [2.05, 4.69) is 10.3 Å². The second-order valence-corrected chi connectivity index (χ2v) is 4.02. The van der Waals surface area contributed by atoms with E-state index >= 15 is 0 Å². The molecule has 1 rings (SSSR count). The highest BCUT2D eigenvalue weighted by atomic mass is 35.5. The summed E-state index contributed by atoms with van der Waals surface area (Å²) in [6, 6.07) is 7.60. The molecule has 1 aromatic heterocycles. The molecule has 0 amide bonds. The van der Waals surface area contributed by atoms with Crippen molar-refractivity contribution in [1.82, 2.24) is 9.88 Å². The van der Waals surface area contributed by atoms with Gasteiger partial charge in [-0.2, -0.15) is 10.5 Å². The summed E-state index contributed by atoms with van der Waals surface area (Å²) in [5.74, 6) is 0.741. The van der Waals surface area contributed by atoms with E-state index in [1.807, 2.05) is 19.1 Å². The third kappa shape index (κ3) is 4.21. The Bertz CT molecular complexity index is 458. The van der Waals surface area contributed by atoms with Crippen LogP contribution in [-0.4, -0.2) is 29.5 Å². The Kier molecular flexibility index (Phi) is 5.93. The monoisotopic (exact) mass is 263 g/mol. The predicted octanol–water partition coefficient (Wildman–Crippen LogP) is 2.02. The van der Waals surface area contributed by atoms with Crippen LogP contribution >= 0.6 is 11.6 Å². The average molecular weight is 264 g/mol. The number of hydrogen-bond acceptors (Lipinski definition) is 5. The fraction of sp³-hybridized carbons (Fsp3) is 0.417. The van der Waals surface area contributed by atoms with Gasteiger partial charge in [-0.3, -0.25) is 4.90 Å². The quantitative estimate of drug-likeness (QED) is 0.795. The highest BCUT2D eigenvalue weighted by Gasteiger charge is 2.10. The molecule has 5 nitrogen and oxygen atoms in total. The van der Waals surface area contributed by atoms with Gasteiger partial charge in [-0.15, -0.1) is 0 Å². The third-order valence-corrected chi connectivity index (χ3v) is 2.58. The fourth-order valence-electron chi connectivity index (χ4n) is 1.45. The standard InChI is InChI=1S/C12H14ClN5/c1-2-16-12-4-3-10(13)11(17-12)9-18(7-5-14)8-6-15/h3-4H,2,7-9H2,1H3,(H,16,17). The zero-order valence-corrected chi connectivity index (χ0v) is 10.9. The molecule has 0 spiro atoms. The number of nitrogens with zero attached hydrogens (tertiary/aromatic N) is 4. The molecule has 18 heavy (non-hydrogen) atoms. The van der Waals surface area contributed by atoms with Crippen LogP contribution in [0.1, 0.15) is 12.6 Å².